The molecule has 0 amide bonds. The average Bonchev–Trinajstić information content (AvgIpc) is 3.97. The van der Waals surface area contributed by atoms with Crippen molar-refractivity contribution in [1.82, 2.24) is 58.7 Å². The van der Waals surface area contributed by atoms with Gasteiger partial charge in [0, 0.05) is 34.2 Å². The quantitative estimate of drug-likeness (QED) is 0.110. The molecule has 0 unspecified atom stereocenters. The lowest BCUT2D eigenvalue weighted by Crippen LogP contribution is -2.09. The summed E-state index contributed by atoms with van der Waals surface area (Å²) in [5.41, 5.74) is 11.9. The van der Waals surface area contributed by atoms with Gasteiger partial charge in [0.2, 0.25) is 5.24 Å². The Labute approximate surface area is 401 Å². The van der Waals surface area contributed by atoms with Crippen LogP contribution in [-0.4, -0.2) is 92.8 Å². The fourth-order valence-corrected chi connectivity index (χ4v) is 6.30. The van der Waals surface area contributed by atoms with Crippen LogP contribution in [0, 0.1) is 83.1 Å². The molecule has 67 heavy (non-hydrogen) atoms. The Hall–Kier alpha value is -6.43. The summed E-state index contributed by atoms with van der Waals surface area (Å²) in [6, 6.07) is 11.7. The van der Waals surface area contributed by atoms with E-state index in [0.717, 1.165) is 68.3 Å². The van der Waals surface area contributed by atoms with E-state index in [-0.39, 0.29) is 42.9 Å². The maximum absolute atomic E-state index is 10.7. The second-order valence-electron chi connectivity index (χ2n) is 16.4. The first kappa shape index (κ1) is 60.6. The Morgan fingerprint density at radius 1 is 0.328 bits per heavy atom. The van der Waals surface area contributed by atoms with Crippen LogP contribution in [0.3, 0.4) is 0 Å². The Morgan fingerprint density at radius 3 is 0.552 bits per heavy atom. The second kappa shape index (κ2) is 29.3. The summed E-state index contributed by atoms with van der Waals surface area (Å²) in [5.74, 6) is 0.677. The lowest BCUT2D eigenvalue weighted by Gasteiger charge is -1.98. The van der Waals surface area contributed by atoms with Gasteiger partial charge in [-0.1, -0.05) is 7.43 Å². The van der Waals surface area contributed by atoms with E-state index >= 15 is 0 Å². The fraction of sp³-hybridized carbons (Fsp3) is 0.500. The molecule has 0 spiro atoms. The number of hydrogen-bond donors (Lipinski definition) is 0. The number of halogens is 1. The standard InChI is InChI=1S/5C8H12N2O.C7H9ClN2O.CH4/c5*1-6-4-7(2)10(9-6)5-8(3)11;1-5-3-6(2)10(9-5)4-7(8)11;/h5*4H,5H2,1-3H3;3H,4H2,1-2H3;1H4. The van der Waals surface area contributed by atoms with Gasteiger partial charge in [-0.05, 0) is 166 Å². The Balaban J connectivity index is 0.000000778. The number of rotatable bonds is 12. The minimum Gasteiger partial charge on any atom is -0.298 e. The van der Waals surface area contributed by atoms with Crippen molar-refractivity contribution >= 4 is 45.8 Å². The zero-order valence-electron chi connectivity index (χ0n) is 41.9. The molecule has 0 saturated carbocycles. The molecular formula is C48H73ClN12O6. The van der Waals surface area contributed by atoms with E-state index in [4.69, 9.17) is 11.6 Å². The number of hydrogen-bond acceptors (Lipinski definition) is 12. The van der Waals surface area contributed by atoms with Crippen LogP contribution in [0.4, 0.5) is 0 Å². The molecule has 6 aromatic heterocycles. The Morgan fingerprint density at radius 2 is 0.463 bits per heavy atom. The lowest BCUT2D eigenvalue weighted by atomic mass is 10.4. The summed E-state index contributed by atoms with van der Waals surface area (Å²) in [6.45, 7) is 33.0. The van der Waals surface area contributed by atoms with Crippen molar-refractivity contribution < 1.29 is 28.8 Å². The van der Waals surface area contributed by atoms with Crippen LogP contribution in [0.2, 0.25) is 0 Å². The van der Waals surface area contributed by atoms with Crippen molar-refractivity contribution in [3.8, 4) is 0 Å². The van der Waals surface area contributed by atoms with Crippen molar-refractivity contribution in [1.29, 1.82) is 0 Å². The monoisotopic (exact) mass is 949 g/mol. The normalized spacial score (nSPS) is 9.94. The molecule has 0 aliphatic carbocycles. The van der Waals surface area contributed by atoms with Gasteiger partial charge in [-0.2, -0.15) is 30.6 Å². The molecule has 0 atom stereocenters. The predicted octanol–water partition coefficient (Wildman–Crippen LogP) is 7.35. The van der Waals surface area contributed by atoms with Crippen LogP contribution in [0.1, 0.15) is 110 Å². The highest BCUT2D eigenvalue weighted by molar-refractivity contribution is 6.63. The highest BCUT2D eigenvalue weighted by Crippen LogP contribution is 2.05. The molecule has 6 aromatic rings. The molecule has 0 bridgehead atoms. The molecular weight excluding hydrogens is 876 g/mol. The highest BCUT2D eigenvalue weighted by atomic mass is 35.5. The van der Waals surface area contributed by atoms with Crippen molar-refractivity contribution in [2.45, 2.75) is 164 Å². The number of carbonyl (C=O) groups excluding carboxylic acids is 6. The minimum atomic E-state index is -0.392. The fourth-order valence-electron chi connectivity index (χ4n) is 6.18. The van der Waals surface area contributed by atoms with Crippen LogP contribution in [-0.2, 0) is 68.0 Å². The lowest BCUT2D eigenvalue weighted by molar-refractivity contribution is -0.118. The van der Waals surface area contributed by atoms with Crippen molar-refractivity contribution in [2.75, 3.05) is 0 Å². The van der Waals surface area contributed by atoms with Crippen LogP contribution >= 0.6 is 11.6 Å². The topological polar surface area (TPSA) is 209 Å². The summed E-state index contributed by atoms with van der Waals surface area (Å²) in [6.07, 6.45) is 0. The van der Waals surface area contributed by atoms with Gasteiger partial charge < -0.3 is 0 Å². The summed E-state index contributed by atoms with van der Waals surface area (Å²) in [4.78, 5) is 64.0. The van der Waals surface area contributed by atoms with E-state index in [1.807, 2.05) is 119 Å². The predicted molar refractivity (Wildman–Crippen MR) is 261 cm³/mol. The summed E-state index contributed by atoms with van der Waals surface area (Å²) < 4.78 is 10.2. The van der Waals surface area contributed by atoms with Crippen molar-refractivity contribution in [2.24, 2.45) is 0 Å². The number of aryl methyl sites for hydroxylation is 12. The SMILES string of the molecule is C.CC(=O)Cn1nc(C)cc1C.CC(=O)Cn1nc(C)cc1C.CC(=O)Cn1nc(C)cc1C.CC(=O)Cn1nc(C)cc1C.CC(=O)Cn1nc(C)cc1C.Cc1cc(C)n(CC(=O)Cl)n1. The summed E-state index contributed by atoms with van der Waals surface area (Å²) in [5, 5.41) is 24.4. The van der Waals surface area contributed by atoms with Gasteiger partial charge in [0.1, 0.15) is 6.54 Å². The van der Waals surface area contributed by atoms with Gasteiger partial charge in [-0.25, -0.2) is 0 Å². The number of carbonyl (C=O) groups is 6. The molecule has 0 aliphatic rings. The first-order valence-corrected chi connectivity index (χ1v) is 21.7. The van der Waals surface area contributed by atoms with E-state index in [0.29, 0.717) is 32.7 Å². The van der Waals surface area contributed by atoms with E-state index in [1.165, 1.54) is 0 Å². The largest absolute Gasteiger partial charge is 0.298 e. The van der Waals surface area contributed by atoms with Crippen LogP contribution < -0.4 is 0 Å². The summed E-state index contributed by atoms with van der Waals surface area (Å²) in [7, 11) is 0. The molecule has 0 saturated heterocycles. The number of Topliss-reactive ketones (excluding diaryl/α,β-unsaturated/α-hetero) is 5. The van der Waals surface area contributed by atoms with Gasteiger partial charge in [-0.15, -0.1) is 0 Å². The van der Waals surface area contributed by atoms with Crippen LogP contribution in [0.15, 0.2) is 36.4 Å². The minimum absolute atomic E-state index is 0. The number of nitrogens with zero attached hydrogens (tertiary/aromatic N) is 12. The molecule has 0 aromatic carbocycles. The molecule has 19 heteroatoms. The van der Waals surface area contributed by atoms with E-state index in [9.17, 15) is 28.8 Å². The van der Waals surface area contributed by atoms with Gasteiger partial charge in [0.05, 0.1) is 66.9 Å². The molecule has 0 radical (unpaired) electrons. The number of aromatic nitrogens is 12. The number of ketones is 5. The smallest absolute Gasteiger partial charge is 0.243 e. The summed E-state index contributed by atoms with van der Waals surface area (Å²) >= 11 is 5.19. The van der Waals surface area contributed by atoms with E-state index in [1.54, 1.807) is 62.7 Å². The zero-order chi connectivity index (χ0) is 50.6. The second-order valence-corrected chi connectivity index (χ2v) is 16.8. The van der Waals surface area contributed by atoms with Crippen LogP contribution in [0.5, 0.6) is 0 Å². The maximum Gasteiger partial charge on any atom is 0.243 e. The van der Waals surface area contributed by atoms with Gasteiger partial charge in [0.25, 0.3) is 0 Å². The van der Waals surface area contributed by atoms with Gasteiger partial charge in [-0.3, -0.25) is 56.9 Å². The van der Waals surface area contributed by atoms with E-state index in [2.05, 4.69) is 30.6 Å². The molecule has 0 aliphatic heterocycles. The Bertz CT molecular complexity index is 2110. The van der Waals surface area contributed by atoms with Crippen molar-refractivity contribution in [3.05, 3.63) is 105 Å². The third-order valence-corrected chi connectivity index (χ3v) is 8.88. The third kappa shape index (κ3) is 24.6. The molecule has 0 N–H and O–H groups in total. The molecule has 6 rings (SSSR count). The zero-order valence-corrected chi connectivity index (χ0v) is 42.7. The average molecular weight is 950 g/mol. The molecule has 0 fully saturated rings. The van der Waals surface area contributed by atoms with Gasteiger partial charge in [0.15, 0.2) is 28.9 Å². The highest BCUT2D eigenvalue weighted by Gasteiger charge is 2.06. The van der Waals surface area contributed by atoms with E-state index < -0.39 is 5.24 Å². The molecule has 18 nitrogen and oxygen atoms in total. The van der Waals surface area contributed by atoms with Gasteiger partial charge >= 0.3 is 0 Å². The maximum atomic E-state index is 10.7. The first-order valence-electron chi connectivity index (χ1n) is 21.3. The first-order chi connectivity index (χ1) is 30.6. The molecule has 6 heterocycles. The van der Waals surface area contributed by atoms with Crippen molar-refractivity contribution in [3.63, 3.8) is 0 Å². The van der Waals surface area contributed by atoms with Crippen LogP contribution in [0.25, 0.3) is 0 Å². The Kier molecular flexibility index (Phi) is 26.5. The third-order valence-electron chi connectivity index (χ3n) is 8.76. The molecule has 368 valence electrons.